The number of rotatable bonds is 9. The van der Waals surface area contributed by atoms with Crippen LogP contribution in [-0.4, -0.2) is 25.7 Å². The summed E-state index contributed by atoms with van der Waals surface area (Å²) in [5.41, 5.74) is 2.37. The first-order valence-electron chi connectivity index (χ1n) is 10.7. The molecule has 2 aromatic carbocycles. The Morgan fingerprint density at radius 1 is 1.09 bits per heavy atom. The number of allylic oxidation sites excluding steroid dienone is 1. The van der Waals surface area contributed by atoms with Crippen LogP contribution in [0.2, 0.25) is 0 Å². The van der Waals surface area contributed by atoms with E-state index >= 15 is 0 Å². The molecular formula is C25H30N2O5. The van der Waals surface area contributed by atoms with Crippen molar-refractivity contribution in [3.8, 4) is 11.5 Å². The van der Waals surface area contributed by atoms with Gasteiger partial charge >= 0.3 is 12.0 Å². The number of urea groups is 1. The van der Waals surface area contributed by atoms with Gasteiger partial charge in [-0.1, -0.05) is 50.2 Å². The highest BCUT2D eigenvalue weighted by Crippen LogP contribution is 2.34. The minimum atomic E-state index is -0.675. The van der Waals surface area contributed by atoms with Crippen LogP contribution in [0.5, 0.6) is 11.5 Å². The Morgan fingerprint density at radius 3 is 2.53 bits per heavy atom. The maximum atomic E-state index is 13.0. The molecule has 3 rings (SSSR count). The predicted molar refractivity (Wildman–Crippen MR) is 121 cm³/mol. The molecule has 170 valence electrons. The molecule has 1 aliphatic rings. The number of nitrogens with one attached hydrogen (secondary N) is 2. The summed E-state index contributed by atoms with van der Waals surface area (Å²) >= 11 is 0. The quantitative estimate of drug-likeness (QED) is 0.564. The zero-order valence-electron chi connectivity index (χ0n) is 18.9. The highest BCUT2D eigenvalue weighted by Gasteiger charge is 2.32. The number of benzene rings is 2. The molecule has 32 heavy (non-hydrogen) atoms. The van der Waals surface area contributed by atoms with Gasteiger partial charge in [-0.05, 0) is 42.5 Å². The molecule has 2 aromatic rings. The average molecular weight is 439 g/mol. The van der Waals surface area contributed by atoms with E-state index in [0.29, 0.717) is 40.9 Å². The molecule has 1 atom stereocenters. The molecule has 0 bridgehead atoms. The predicted octanol–water partition coefficient (Wildman–Crippen LogP) is 4.49. The van der Waals surface area contributed by atoms with Crippen LogP contribution in [0.1, 0.15) is 44.4 Å². The first-order chi connectivity index (χ1) is 15.4. The van der Waals surface area contributed by atoms with Gasteiger partial charge in [-0.3, -0.25) is 0 Å². The van der Waals surface area contributed by atoms with Crippen LogP contribution in [-0.2, 0) is 16.1 Å². The fourth-order valence-electron chi connectivity index (χ4n) is 3.40. The van der Waals surface area contributed by atoms with Gasteiger partial charge in [0.2, 0.25) is 0 Å². The third kappa shape index (κ3) is 5.81. The molecule has 7 nitrogen and oxygen atoms in total. The van der Waals surface area contributed by atoms with Gasteiger partial charge in [0.05, 0.1) is 25.3 Å². The van der Waals surface area contributed by atoms with Crippen LogP contribution in [0, 0.1) is 5.92 Å². The standard InChI is InChI=1S/C25H30N2O5/c1-16(2)12-13-31-20-11-10-19(14-21(20)30-4)23-22(17(3)26-25(29)27-23)24(28)32-15-18-8-6-5-7-9-18/h5-11,14,16,23H,12-13,15H2,1-4H3,(H2,26,27,29)/t23-/m1/s1. The Morgan fingerprint density at radius 2 is 1.84 bits per heavy atom. The van der Waals surface area contributed by atoms with E-state index in [-0.39, 0.29) is 12.6 Å². The van der Waals surface area contributed by atoms with E-state index in [0.717, 1.165) is 12.0 Å². The second-order valence-electron chi connectivity index (χ2n) is 8.07. The number of hydrogen-bond donors (Lipinski definition) is 2. The van der Waals surface area contributed by atoms with Crippen LogP contribution in [0.3, 0.4) is 0 Å². The molecule has 1 heterocycles. The van der Waals surface area contributed by atoms with Gasteiger partial charge in [0.15, 0.2) is 11.5 Å². The van der Waals surface area contributed by atoms with Crippen molar-refractivity contribution in [3.63, 3.8) is 0 Å². The molecule has 0 aliphatic carbocycles. The molecule has 7 heteroatoms. The Kier molecular flexibility index (Phi) is 7.76. The number of amides is 2. The summed E-state index contributed by atoms with van der Waals surface area (Å²) < 4.78 is 16.9. The number of esters is 1. The largest absolute Gasteiger partial charge is 0.493 e. The topological polar surface area (TPSA) is 85.9 Å². The highest BCUT2D eigenvalue weighted by atomic mass is 16.5. The fraction of sp³-hybridized carbons (Fsp3) is 0.360. The number of hydrogen-bond acceptors (Lipinski definition) is 5. The molecular weight excluding hydrogens is 408 g/mol. The Hall–Kier alpha value is -3.48. The summed E-state index contributed by atoms with van der Waals surface area (Å²) in [6.45, 7) is 6.68. The molecule has 2 amide bonds. The van der Waals surface area contributed by atoms with Gasteiger partial charge in [-0.25, -0.2) is 9.59 Å². The number of ether oxygens (including phenoxy) is 3. The molecule has 1 aliphatic heterocycles. The lowest BCUT2D eigenvalue weighted by Gasteiger charge is -2.28. The molecule has 0 saturated heterocycles. The molecule has 2 N–H and O–H groups in total. The van der Waals surface area contributed by atoms with E-state index in [4.69, 9.17) is 14.2 Å². The van der Waals surface area contributed by atoms with Crippen molar-refractivity contribution >= 4 is 12.0 Å². The monoisotopic (exact) mass is 438 g/mol. The number of methoxy groups -OCH3 is 1. The maximum absolute atomic E-state index is 13.0. The number of carbonyl (C=O) groups excluding carboxylic acids is 2. The minimum absolute atomic E-state index is 0.142. The van der Waals surface area contributed by atoms with Crippen LogP contribution in [0.25, 0.3) is 0 Å². The maximum Gasteiger partial charge on any atom is 0.338 e. The third-order valence-corrected chi connectivity index (χ3v) is 5.18. The fourth-order valence-corrected chi connectivity index (χ4v) is 3.40. The smallest absolute Gasteiger partial charge is 0.338 e. The van der Waals surface area contributed by atoms with Crippen molar-refractivity contribution in [1.82, 2.24) is 10.6 Å². The third-order valence-electron chi connectivity index (χ3n) is 5.18. The lowest BCUT2D eigenvalue weighted by Crippen LogP contribution is -2.45. The second kappa shape index (κ2) is 10.7. The van der Waals surface area contributed by atoms with Gasteiger partial charge < -0.3 is 24.8 Å². The van der Waals surface area contributed by atoms with E-state index in [1.165, 1.54) is 0 Å². The van der Waals surface area contributed by atoms with Gasteiger partial charge in [0, 0.05) is 5.70 Å². The van der Waals surface area contributed by atoms with Crippen LogP contribution < -0.4 is 20.1 Å². The Bertz CT molecular complexity index is 985. The zero-order chi connectivity index (χ0) is 23.1. The summed E-state index contributed by atoms with van der Waals surface area (Å²) in [5.74, 6) is 1.18. The van der Waals surface area contributed by atoms with Crippen molar-refractivity contribution in [2.24, 2.45) is 5.92 Å². The van der Waals surface area contributed by atoms with Crippen molar-refractivity contribution in [1.29, 1.82) is 0 Å². The molecule has 0 spiro atoms. The van der Waals surface area contributed by atoms with E-state index in [9.17, 15) is 9.59 Å². The lowest BCUT2D eigenvalue weighted by molar-refractivity contribution is -0.140. The Labute approximate surface area is 188 Å². The molecule has 0 unspecified atom stereocenters. The SMILES string of the molecule is COc1cc([C@H]2NC(=O)NC(C)=C2C(=O)OCc2ccccc2)ccc1OCCC(C)C. The van der Waals surface area contributed by atoms with Crippen LogP contribution in [0.4, 0.5) is 4.79 Å². The van der Waals surface area contributed by atoms with Gasteiger partial charge in [-0.15, -0.1) is 0 Å². The number of carbonyl (C=O) groups is 2. The minimum Gasteiger partial charge on any atom is -0.493 e. The summed E-state index contributed by atoms with van der Waals surface area (Å²) in [4.78, 5) is 25.1. The van der Waals surface area contributed by atoms with Crippen molar-refractivity contribution in [3.05, 3.63) is 70.9 Å². The van der Waals surface area contributed by atoms with Gasteiger partial charge in [0.1, 0.15) is 6.61 Å². The van der Waals surface area contributed by atoms with E-state index in [1.54, 1.807) is 26.2 Å². The zero-order valence-corrected chi connectivity index (χ0v) is 18.9. The van der Waals surface area contributed by atoms with E-state index in [2.05, 4.69) is 24.5 Å². The summed E-state index contributed by atoms with van der Waals surface area (Å²) in [6.07, 6.45) is 0.925. The van der Waals surface area contributed by atoms with E-state index < -0.39 is 12.0 Å². The lowest BCUT2D eigenvalue weighted by atomic mass is 9.95. The van der Waals surface area contributed by atoms with Crippen molar-refractivity contribution in [2.75, 3.05) is 13.7 Å². The van der Waals surface area contributed by atoms with Gasteiger partial charge in [0.25, 0.3) is 0 Å². The average Bonchev–Trinajstić information content (AvgIpc) is 2.77. The van der Waals surface area contributed by atoms with Gasteiger partial charge in [-0.2, -0.15) is 0 Å². The molecule has 0 aromatic heterocycles. The van der Waals surface area contributed by atoms with Crippen molar-refractivity contribution in [2.45, 2.75) is 39.8 Å². The highest BCUT2D eigenvalue weighted by molar-refractivity contribution is 5.95. The Balaban J connectivity index is 1.82. The van der Waals surface area contributed by atoms with E-state index in [1.807, 2.05) is 36.4 Å². The normalized spacial score (nSPS) is 15.8. The summed E-state index contributed by atoms with van der Waals surface area (Å²) in [6, 6.07) is 13.8. The van der Waals surface area contributed by atoms with Crippen LogP contribution in [0.15, 0.2) is 59.8 Å². The molecule has 0 saturated carbocycles. The summed E-state index contributed by atoms with van der Waals surface area (Å²) in [5, 5.41) is 5.48. The molecule has 0 fully saturated rings. The van der Waals surface area contributed by atoms with Crippen molar-refractivity contribution < 1.29 is 23.8 Å². The summed E-state index contributed by atoms with van der Waals surface area (Å²) in [7, 11) is 1.56. The second-order valence-corrected chi connectivity index (χ2v) is 8.07. The van der Waals surface area contributed by atoms with Crippen LogP contribution >= 0.6 is 0 Å². The first-order valence-corrected chi connectivity index (χ1v) is 10.7. The first kappa shape index (κ1) is 23.2. The molecule has 0 radical (unpaired) electrons.